The molecule has 0 bridgehead atoms. The molecule has 0 atom stereocenters. The lowest BCUT2D eigenvalue weighted by molar-refractivity contribution is -0.118. The van der Waals surface area contributed by atoms with Crippen molar-refractivity contribution < 1.29 is 19.0 Å². The Bertz CT molecular complexity index is 1070. The van der Waals surface area contributed by atoms with Gasteiger partial charge >= 0.3 is 0 Å². The smallest absolute Gasteiger partial charge is 0.167 e. The number of aryl methyl sites for hydroxylation is 1. The Hall–Kier alpha value is -2.56. The number of ketones is 1. The number of hydrogen-bond donors (Lipinski definition) is 1. The molecule has 0 amide bonds. The summed E-state index contributed by atoms with van der Waals surface area (Å²) in [5.41, 5.74) is 3.22. The normalized spacial score (nSPS) is 10.8. The first-order valence-corrected chi connectivity index (χ1v) is 10.2. The third kappa shape index (κ3) is 5.13. The molecule has 0 aliphatic carbocycles. The molecule has 0 saturated heterocycles. The number of benzene rings is 3. The van der Waals surface area contributed by atoms with Crippen LogP contribution in [-0.2, 0) is 17.6 Å². The zero-order valence-electron chi connectivity index (χ0n) is 16.6. The van der Waals surface area contributed by atoms with E-state index in [9.17, 15) is 14.3 Å². The second-order valence-electron chi connectivity index (χ2n) is 7.05. The van der Waals surface area contributed by atoms with E-state index >= 15 is 0 Å². The van der Waals surface area contributed by atoms with E-state index in [1.807, 2.05) is 6.92 Å². The van der Waals surface area contributed by atoms with E-state index in [0.29, 0.717) is 38.9 Å². The summed E-state index contributed by atoms with van der Waals surface area (Å²) < 4.78 is 19.8. The average molecular weight is 447 g/mol. The van der Waals surface area contributed by atoms with Crippen LogP contribution in [0.2, 0.25) is 10.0 Å². The Balaban J connectivity index is 1.94. The molecule has 1 N–H and O–H groups in total. The topological polar surface area (TPSA) is 46.5 Å². The van der Waals surface area contributed by atoms with Crippen LogP contribution in [0.4, 0.5) is 4.39 Å². The number of carbonyl (C=O) groups excluding carboxylic acids is 1. The lowest BCUT2D eigenvalue weighted by atomic mass is 9.96. The van der Waals surface area contributed by atoms with Crippen molar-refractivity contribution >= 4 is 29.0 Å². The predicted molar refractivity (Wildman–Crippen MR) is 118 cm³/mol. The van der Waals surface area contributed by atoms with Gasteiger partial charge in [0.25, 0.3) is 0 Å². The minimum absolute atomic E-state index is 0.00363. The highest BCUT2D eigenvalue weighted by atomic mass is 35.5. The summed E-state index contributed by atoms with van der Waals surface area (Å²) in [5, 5.41) is 11.1. The van der Waals surface area contributed by atoms with Gasteiger partial charge in [-0.05, 0) is 66.4 Å². The molecule has 30 heavy (non-hydrogen) atoms. The predicted octanol–water partition coefficient (Wildman–Crippen LogP) is 6.63. The van der Waals surface area contributed by atoms with Crippen LogP contribution in [0.5, 0.6) is 11.5 Å². The molecule has 0 aliphatic rings. The summed E-state index contributed by atoms with van der Waals surface area (Å²) in [6, 6.07) is 13.1. The summed E-state index contributed by atoms with van der Waals surface area (Å²) >= 11 is 12.8. The van der Waals surface area contributed by atoms with Gasteiger partial charge in [0.1, 0.15) is 23.9 Å². The summed E-state index contributed by atoms with van der Waals surface area (Å²) in [6.07, 6.45) is 1.14. The molecule has 3 nitrogen and oxygen atoms in total. The van der Waals surface area contributed by atoms with Crippen LogP contribution in [0.1, 0.15) is 30.5 Å². The van der Waals surface area contributed by atoms with Crippen molar-refractivity contribution in [3.05, 3.63) is 81.1 Å². The highest BCUT2D eigenvalue weighted by molar-refractivity contribution is 6.36. The maximum atomic E-state index is 14.4. The number of carbonyl (C=O) groups is 1. The number of aromatic hydroxyl groups is 1. The molecule has 156 valence electrons. The molecule has 0 radical (unpaired) electrons. The molecule has 0 aliphatic heterocycles. The first-order chi connectivity index (χ1) is 14.3. The van der Waals surface area contributed by atoms with Crippen molar-refractivity contribution in [2.24, 2.45) is 0 Å². The Morgan fingerprint density at radius 2 is 1.63 bits per heavy atom. The fourth-order valence-electron chi connectivity index (χ4n) is 3.13. The summed E-state index contributed by atoms with van der Waals surface area (Å²) in [7, 11) is 0. The first kappa shape index (κ1) is 22.1. The number of halogens is 3. The molecular weight excluding hydrogens is 426 g/mol. The van der Waals surface area contributed by atoms with Gasteiger partial charge < -0.3 is 9.84 Å². The Morgan fingerprint density at radius 3 is 2.27 bits per heavy atom. The maximum absolute atomic E-state index is 14.4. The van der Waals surface area contributed by atoms with Gasteiger partial charge in [-0.2, -0.15) is 0 Å². The van der Waals surface area contributed by atoms with E-state index in [1.54, 1.807) is 36.4 Å². The van der Waals surface area contributed by atoms with Crippen molar-refractivity contribution in [3.8, 4) is 22.6 Å². The lowest BCUT2D eigenvalue weighted by Gasteiger charge is -2.13. The average Bonchev–Trinajstić information content (AvgIpc) is 2.71. The fraction of sp³-hybridized carbons (Fsp3) is 0.208. The number of hydrogen-bond acceptors (Lipinski definition) is 3. The Kier molecular flexibility index (Phi) is 7.01. The standard InChI is InChI=1S/C24H21Cl2FO3/c1-3-15-4-6-23(27)18(8-15)19-9-16(5-7-24(19)29)10-20-21(25)11-17(12-22(20)26)30-13-14(2)28/h4-9,11-12,29H,3,10,13H2,1-2H3. The minimum Gasteiger partial charge on any atom is -0.507 e. The van der Waals surface area contributed by atoms with Gasteiger partial charge in [-0.1, -0.05) is 42.3 Å². The van der Waals surface area contributed by atoms with Gasteiger partial charge in [0, 0.05) is 27.6 Å². The van der Waals surface area contributed by atoms with Crippen LogP contribution in [0, 0.1) is 5.82 Å². The van der Waals surface area contributed by atoms with Crippen LogP contribution in [-0.4, -0.2) is 17.5 Å². The van der Waals surface area contributed by atoms with Crippen molar-refractivity contribution in [2.75, 3.05) is 6.61 Å². The molecule has 3 aromatic carbocycles. The molecule has 0 fully saturated rings. The molecular formula is C24H21Cl2FO3. The number of phenolic OH excluding ortho intramolecular Hbond substituents is 1. The van der Waals surface area contributed by atoms with Crippen LogP contribution in [0.25, 0.3) is 11.1 Å². The Morgan fingerprint density at radius 1 is 1.00 bits per heavy atom. The van der Waals surface area contributed by atoms with E-state index < -0.39 is 5.82 Å². The molecule has 3 aromatic rings. The second-order valence-corrected chi connectivity index (χ2v) is 7.87. The SMILES string of the molecule is CCc1ccc(F)c(-c2cc(Cc3c(Cl)cc(OCC(C)=O)cc3Cl)ccc2O)c1. The van der Waals surface area contributed by atoms with Gasteiger partial charge in [0.05, 0.1) is 0 Å². The minimum atomic E-state index is -0.400. The largest absolute Gasteiger partial charge is 0.507 e. The molecule has 0 heterocycles. The van der Waals surface area contributed by atoms with Crippen molar-refractivity contribution in [1.29, 1.82) is 0 Å². The number of ether oxygens (including phenoxy) is 1. The molecule has 0 saturated carbocycles. The zero-order chi connectivity index (χ0) is 21.8. The van der Waals surface area contributed by atoms with Crippen LogP contribution in [0.15, 0.2) is 48.5 Å². The molecule has 0 unspecified atom stereocenters. The van der Waals surface area contributed by atoms with Crippen LogP contribution >= 0.6 is 23.2 Å². The van der Waals surface area contributed by atoms with Gasteiger partial charge in [-0.15, -0.1) is 0 Å². The first-order valence-electron chi connectivity index (χ1n) is 9.49. The van der Waals surface area contributed by atoms with Gasteiger partial charge in [0.15, 0.2) is 5.78 Å². The lowest BCUT2D eigenvalue weighted by Crippen LogP contribution is -2.06. The van der Waals surface area contributed by atoms with Crippen molar-refractivity contribution in [1.82, 2.24) is 0 Å². The van der Waals surface area contributed by atoms with Gasteiger partial charge in [-0.3, -0.25) is 4.79 Å². The summed E-state index contributed by atoms with van der Waals surface area (Å²) in [6.45, 7) is 3.36. The molecule has 0 spiro atoms. The molecule has 3 rings (SSSR count). The molecule has 6 heteroatoms. The van der Waals surface area contributed by atoms with E-state index in [1.165, 1.54) is 19.1 Å². The third-order valence-corrected chi connectivity index (χ3v) is 5.40. The van der Waals surface area contributed by atoms with Crippen LogP contribution in [0.3, 0.4) is 0 Å². The maximum Gasteiger partial charge on any atom is 0.167 e. The van der Waals surface area contributed by atoms with E-state index in [0.717, 1.165) is 17.5 Å². The van der Waals surface area contributed by atoms with Crippen molar-refractivity contribution in [2.45, 2.75) is 26.7 Å². The van der Waals surface area contributed by atoms with E-state index in [4.69, 9.17) is 27.9 Å². The highest BCUT2D eigenvalue weighted by Crippen LogP contribution is 2.36. The van der Waals surface area contributed by atoms with Gasteiger partial charge in [-0.25, -0.2) is 4.39 Å². The van der Waals surface area contributed by atoms with E-state index in [-0.39, 0.29) is 18.1 Å². The quantitative estimate of drug-likeness (QED) is 0.443. The van der Waals surface area contributed by atoms with E-state index in [2.05, 4.69) is 0 Å². The third-order valence-electron chi connectivity index (χ3n) is 4.73. The monoisotopic (exact) mass is 446 g/mol. The Labute approximate surface area is 185 Å². The molecule has 0 aromatic heterocycles. The van der Waals surface area contributed by atoms with Crippen molar-refractivity contribution in [3.63, 3.8) is 0 Å². The van der Waals surface area contributed by atoms with Crippen LogP contribution < -0.4 is 4.74 Å². The zero-order valence-corrected chi connectivity index (χ0v) is 18.1. The fourth-order valence-corrected chi connectivity index (χ4v) is 3.73. The summed E-state index contributed by atoms with van der Waals surface area (Å²) in [4.78, 5) is 11.1. The highest BCUT2D eigenvalue weighted by Gasteiger charge is 2.15. The van der Waals surface area contributed by atoms with Gasteiger partial charge in [0.2, 0.25) is 0 Å². The second kappa shape index (κ2) is 9.50. The number of rotatable bonds is 7. The summed E-state index contributed by atoms with van der Waals surface area (Å²) in [5.74, 6) is -0.102. The number of Topliss-reactive ketones (excluding diaryl/α,β-unsaturated/α-hetero) is 1. The number of phenols is 1.